The molecule has 5 heteroatoms. The van der Waals surface area contributed by atoms with Crippen LogP contribution in [-0.2, 0) is 11.3 Å². The van der Waals surface area contributed by atoms with Crippen molar-refractivity contribution in [2.75, 3.05) is 31.2 Å². The lowest BCUT2D eigenvalue weighted by molar-refractivity contribution is 0.154. The second kappa shape index (κ2) is 8.87. The number of pyridine rings is 1. The molecule has 1 aromatic rings. The van der Waals surface area contributed by atoms with E-state index in [1.54, 1.807) is 6.07 Å². The number of nitrogens with one attached hydrogen (secondary N) is 1. The van der Waals surface area contributed by atoms with Crippen LogP contribution in [0.1, 0.15) is 33.3 Å². The zero-order valence-electron chi connectivity index (χ0n) is 12.9. The number of ether oxygens (including phenoxy) is 1. The molecular formula is C15H26FN3O. The van der Waals surface area contributed by atoms with Crippen LogP contribution in [-0.4, -0.2) is 37.3 Å². The summed E-state index contributed by atoms with van der Waals surface area (Å²) in [5, 5.41) is 3.31. The fraction of sp³-hybridized carbons (Fsp3) is 0.667. The fourth-order valence-corrected chi connectivity index (χ4v) is 1.94. The molecule has 0 fully saturated rings. The number of likely N-dealkylation sites (N-methyl/N-ethyl adjacent to an activating group) is 1. The van der Waals surface area contributed by atoms with Gasteiger partial charge in [-0.05, 0) is 19.9 Å². The molecular weight excluding hydrogens is 257 g/mol. The van der Waals surface area contributed by atoms with E-state index >= 15 is 0 Å². The first-order valence-electron chi connectivity index (χ1n) is 7.28. The third kappa shape index (κ3) is 5.43. The standard InChI is InChI=1S/C15H26FN3O/c1-5-19(7-8-20-6-2)15-13(10-17-12(3)4)9-14(16)11-18-15/h9,11-12,17H,5-8,10H2,1-4H3. The minimum absolute atomic E-state index is 0.296. The zero-order valence-corrected chi connectivity index (χ0v) is 12.9. The maximum atomic E-state index is 13.4. The molecule has 1 aromatic heterocycles. The van der Waals surface area contributed by atoms with E-state index in [0.717, 1.165) is 24.5 Å². The first kappa shape index (κ1) is 16.9. The Balaban J connectivity index is 2.83. The highest BCUT2D eigenvalue weighted by Gasteiger charge is 2.12. The van der Waals surface area contributed by atoms with Gasteiger partial charge in [0.1, 0.15) is 11.6 Å². The molecule has 1 rings (SSSR count). The molecule has 114 valence electrons. The van der Waals surface area contributed by atoms with Crippen LogP contribution in [0.5, 0.6) is 0 Å². The smallest absolute Gasteiger partial charge is 0.141 e. The molecule has 0 aliphatic heterocycles. The van der Waals surface area contributed by atoms with E-state index in [4.69, 9.17) is 4.74 Å². The van der Waals surface area contributed by atoms with Crippen molar-refractivity contribution in [3.05, 3.63) is 23.6 Å². The third-order valence-electron chi connectivity index (χ3n) is 3.00. The van der Waals surface area contributed by atoms with Crippen molar-refractivity contribution in [2.24, 2.45) is 0 Å². The van der Waals surface area contributed by atoms with Gasteiger partial charge in [0.25, 0.3) is 0 Å². The van der Waals surface area contributed by atoms with Crippen LogP contribution in [0.15, 0.2) is 12.3 Å². The average Bonchev–Trinajstić information content (AvgIpc) is 2.42. The summed E-state index contributed by atoms with van der Waals surface area (Å²) in [6, 6.07) is 1.91. The molecule has 1 heterocycles. The monoisotopic (exact) mass is 283 g/mol. The molecule has 0 saturated carbocycles. The number of nitrogens with zero attached hydrogens (tertiary/aromatic N) is 2. The van der Waals surface area contributed by atoms with Crippen molar-refractivity contribution >= 4 is 5.82 Å². The zero-order chi connectivity index (χ0) is 15.0. The lowest BCUT2D eigenvalue weighted by atomic mass is 10.2. The number of aromatic nitrogens is 1. The normalized spacial score (nSPS) is 11.1. The van der Waals surface area contributed by atoms with Crippen molar-refractivity contribution in [1.82, 2.24) is 10.3 Å². The van der Waals surface area contributed by atoms with Crippen molar-refractivity contribution < 1.29 is 9.13 Å². The molecule has 0 saturated heterocycles. The molecule has 20 heavy (non-hydrogen) atoms. The average molecular weight is 283 g/mol. The van der Waals surface area contributed by atoms with Gasteiger partial charge in [0.05, 0.1) is 12.8 Å². The number of hydrogen-bond acceptors (Lipinski definition) is 4. The van der Waals surface area contributed by atoms with Crippen molar-refractivity contribution in [2.45, 2.75) is 40.3 Å². The Kier molecular flexibility index (Phi) is 7.47. The van der Waals surface area contributed by atoms with Crippen LogP contribution in [0.25, 0.3) is 0 Å². The van der Waals surface area contributed by atoms with Gasteiger partial charge in [0.15, 0.2) is 0 Å². The summed E-state index contributed by atoms with van der Waals surface area (Å²) in [7, 11) is 0. The summed E-state index contributed by atoms with van der Waals surface area (Å²) >= 11 is 0. The Hall–Kier alpha value is -1.20. The minimum atomic E-state index is -0.296. The molecule has 1 N–H and O–H groups in total. The van der Waals surface area contributed by atoms with E-state index in [1.807, 2.05) is 6.92 Å². The van der Waals surface area contributed by atoms with Gasteiger partial charge in [-0.15, -0.1) is 0 Å². The molecule has 0 amide bonds. The topological polar surface area (TPSA) is 37.4 Å². The third-order valence-corrected chi connectivity index (χ3v) is 3.00. The van der Waals surface area contributed by atoms with E-state index in [0.29, 0.717) is 25.8 Å². The van der Waals surface area contributed by atoms with E-state index in [2.05, 4.69) is 36.0 Å². The second-order valence-electron chi connectivity index (χ2n) is 4.95. The molecule has 0 aromatic carbocycles. The number of hydrogen-bond donors (Lipinski definition) is 1. The summed E-state index contributed by atoms with van der Waals surface area (Å²) in [5.41, 5.74) is 0.886. The van der Waals surface area contributed by atoms with Crippen LogP contribution in [0.4, 0.5) is 10.2 Å². The SMILES string of the molecule is CCOCCN(CC)c1ncc(F)cc1CNC(C)C. The lowest BCUT2D eigenvalue weighted by Gasteiger charge is -2.24. The molecule has 0 spiro atoms. The predicted octanol–water partition coefficient (Wildman–Crippen LogP) is 2.58. The summed E-state index contributed by atoms with van der Waals surface area (Å²) in [6.45, 7) is 11.7. The number of rotatable bonds is 9. The van der Waals surface area contributed by atoms with Gasteiger partial charge >= 0.3 is 0 Å². The van der Waals surface area contributed by atoms with Crippen LogP contribution in [0.2, 0.25) is 0 Å². The van der Waals surface area contributed by atoms with Crippen molar-refractivity contribution in [3.63, 3.8) is 0 Å². The van der Waals surface area contributed by atoms with E-state index in [1.165, 1.54) is 6.20 Å². The largest absolute Gasteiger partial charge is 0.380 e. The van der Waals surface area contributed by atoms with Gasteiger partial charge < -0.3 is 15.0 Å². The van der Waals surface area contributed by atoms with Crippen LogP contribution < -0.4 is 10.2 Å². The quantitative estimate of drug-likeness (QED) is 0.707. The lowest BCUT2D eigenvalue weighted by Crippen LogP contribution is -2.30. The van der Waals surface area contributed by atoms with E-state index in [9.17, 15) is 4.39 Å². The molecule has 0 radical (unpaired) electrons. The molecule has 0 unspecified atom stereocenters. The molecule has 0 aliphatic carbocycles. The van der Waals surface area contributed by atoms with Gasteiger partial charge in [0.2, 0.25) is 0 Å². The summed E-state index contributed by atoms with van der Waals surface area (Å²) in [5.74, 6) is 0.539. The first-order chi connectivity index (χ1) is 9.58. The Morgan fingerprint density at radius 3 is 2.75 bits per heavy atom. The van der Waals surface area contributed by atoms with Gasteiger partial charge in [-0.25, -0.2) is 9.37 Å². The molecule has 0 aliphatic rings. The van der Waals surface area contributed by atoms with Crippen LogP contribution in [0, 0.1) is 5.82 Å². The first-order valence-corrected chi connectivity index (χ1v) is 7.28. The Labute approximate surface area is 121 Å². The fourth-order valence-electron chi connectivity index (χ4n) is 1.94. The predicted molar refractivity (Wildman–Crippen MR) is 80.6 cm³/mol. The minimum Gasteiger partial charge on any atom is -0.380 e. The number of halogens is 1. The van der Waals surface area contributed by atoms with Gasteiger partial charge in [-0.1, -0.05) is 13.8 Å². The van der Waals surface area contributed by atoms with Crippen molar-refractivity contribution in [3.8, 4) is 0 Å². The van der Waals surface area contributed by atoms with Gasteiger partial charge in [-0.2, -0.15) is 0 Å². The highest BCUT2D eigenvalue weighted by molar-refractivity contribution is 5.46. The van der Waals surface area contributed by atoms with Gasteiger partial charge in [-0.3, -0.25) is 0 Å². The molecule has 4 nitrogen and oxygen atoms in total. The Bertz CT molecular complexity index is 399. The molecule has 0 atom stereocenters. The maximum Gasteiger partial charge on any atom is 0.141 e. The van der Waals surface area contributed by atoms with E-state index < -0.39 is 0 Å². The Morgan fingerprint density at radius 2 is 2.15 bits per heavy atom. The van der Waals surface area contributed by atoms with Gasteiger partial charge in [0, 0.05) is 37.8 Å². The highest BCUT2D eigenvalue weighted by atomic mass is 19.1. The van der Waals surface area contributed by atoms with Crippen LogP contribution in [0.3, 0.4) is 0 Å². The second-order valence-corrected chi connectivity index (χ2v) is 4.95. The number of anilines is 1. The summed E-state index contributed by atoms with van der Waals surface area (Å²) < 4.78 is 18.8. The maximum absolute atomic E-state index is 13.4. The van der Waals surface area contributed by atoms with E-state index in [-0.39, 0.29) is 5.82 Å². The summed E-state index contributed by atoms with van der Waals surface area (Å²) in [6.07, 6.45) is 1.28. The highest BCUT2D eigenvalue weighted by Crippen LogP contribution is 2.18. The van der Waals surface area contributed by atoms with Crippen LogP contribution >= 0.6 is 0 Å². The summed E-state index contributed by atoms with van der Waals surface area (Å²) in [4.78, 5) is 6.38. The van der Waals surface area contributed by atoms with Crippen molar-refractivity contribution in [1.29, 1.82) is 0 Å². The Morgan fingerprint density at radius 1 is 1.40 bits per heavy atom. The molecule has 0 bridgehead atoms.